The van der Waals surface area contributed by atoms with Crippen LogP contribution in [0.2, 0.25) is 0 Å². The van der Waals surface area contributed by atoms with E-state index in [1.165, 1.54) is 23.5 Å². The molecule has 0 atom stereocenters. The number of carbonyl (C=O) groups excluding carboxylic acids is 1. The van der Waals surface area contributed by atoms with Gasteiger partial charge in [0.05, 0.1) is 27.3 Å². The number of benzene rings is 2. The molecule has 8 heteroatoms. The van der Waals surface area contributed by atoms with Crippen LogP contribution < -0.4 is 4.80 Å². The zero-order valence-corrected chi connectivity index (χ0v) is 17.5. The standard InChI is InChI=1S/C18H17BrN2O3S2/c1-3-26(23,24)13-9-7-12(8-10-13)11-16(22)20-18-21(2)17-14(19)5-4-6-15(17)25-18/h4-10H,3,11H2,1-2H3. The minimum atomic E-state index is -3.23. The second-order valence-electron chi connectivity index (χ2n) is 5.76. The van der Waals surface area contributed by atoms with Gasteiger partial charge in [0.25, 0.3) is 5.91 Å². The lowest BCUT2D eigenvalue weighted by atomic mass is 10.1. The van der Waals surface area contributed by atoms with Crippen molar-refractivity contribution in [3.63, 3.8) is 0 Å². The van der Waals surface area contributed by atoms with E-state index in [1.54, 1.807) is 19.1 Å². The van der Waals surface area contributed by atoms with Crippen molar-refractivity contribution < 1.29 is 13.2 Å². The Morgan fingerprint density at radius 2 is 1.88 bits per heavy atom. The van der Waals surface area contributed by atoms with E-state index in [9.17, 15) is 13.2 Å². The van der Waals surface area contributed by atoms with Crippen LogP contribution in [0.4, 0.5) is 0 Å². The highest BCUT2D eigenvalue weighted by Gasteiger charge is 2.12. The number of sulfone groups is 1. The van der Waals surface area contributed by atoms with Crippen LogP contribution in [0.3, 0.4) is 0 Å². The van der Waals surface area contributed by atoms with Crippen LogP contribution in [0.25, 0.3) is 10.2 Å². The second-order valence-corrected chi connectivity index (χ2v) is 9.90. The summed E-state index contributed by atoms with van der Waals surface area (Å²) in [4.78, 5) is 17.5. The van der Waals surface area contributed by atoms with Gasteiger partial charge in [0.1, 0.15) is 0 Å². The maximum absolute atomic E-state index is 12.3. The molecule has 1 amide bonds. The summed E-state index contributed by atoms with van der Waals surface area (Å²) in [6.07, 6.45) is 0.127. The number of aromatic nitrogens is 1. The molecule has 0 aliphatic heterocycles. The fourth-order valence-electron chi connectivity index (χ4n) is 2.57. The molecule has 0 saturated heterocycles. The fourth-order valence-corrected chi connectivity index (χ4v) is 5.28. The zero-order valence-electron chi connectivity index (χ0n) is 14.3. The van der Waals surface area contributed by atoms with Gasteiger partial charge in [0.15, 0.2) is 14.6 Å². The number of halogens is 1. The summed E-state index contributed by atoms with van der Waals surface area (Å²) in [7, 11) is -1.36. The third-order valence-electron chi connectivity index (χ3n) is 4.01. The summed E-state index contributed by atoms with van der Waals surface area (Å²) in [5.74, 6) is -0.215. The van der Waals surface area contributed by atoms with Crippen molar-refractivity contribution in [3.05, 3.63) is 57.3 Å². The molecule has 1 heterocycles. The van der Waals surface area contributed by atoms with Gasteiger partial charge in [-0.2, -0.15) is 4.99 Å². The lowest BCUT2D eigenvalue weighted by molar-refractivity contribution is -0.117. The van der Waals surface area contributed by atoms with Gasteiger partial charge < -0.3 is 4.57 Å². The molecule has 0 bridgehead atoms. The molecule has 26 heavy (non-hydrogen) atoms. The van der Waals surface area contributed by atoms with Gasteiger partial charge >= 0.3 is 0 Å². The van der Waals surface area contributed by atoms with Gasteiger partial charge in [-0.05, 0) is 45.8 Å². The Labute approximate surface area is 164 Å². The van der Waals surface area contributed by atoms with Crippen molar-refractivity contribution in [2.45, 2.75) is 18.2 Å². The Kier molecular flexibility index (Phi) is 5.45. The molecule has 0 radical (unpaired) electrons. The van der Waals surface area contributed by atoms with Gasteiger partial charge in [0.2, 0.25) is 0 Å². The number of para-hydroxylation sites is 1. The van der Waals surface area contributed by atoms with E-state index in [0.29, 0.717) is 4.80 Å². The summed E-state index contributed by atoms with van der Waals surface area (Å²) in [5.41, 5.74) is 1.73. The monoisotopic (exact) mass is 452 g/mol. The van der Waals surface area contributed by atoms with E-state index < -0.39 is 9.84 Å². The maximum atomic E-state index is 12.3. The molecule has 1 aromatic heterocycles. The van der Waals surface area contributed by atoms with Crippen molar-refractivity contribution in [1.82, 2.24) is 4.57 Å². The average Bonchev–Trinajstić information content (AvgIpc) is 2.92. The number of amides is 1. The first-order valence-corrected chi connectivity index (χ1v) is 11.2. The van der Waals surface area contributed by atoms with Crippen LogP contribution in [-0.4, -0.2) is 24.6 Å². The molecule has 3 aromatic rings. The molecule has 0 fully saturated rings. The third kappa shape index (κ3) is 3.82. The first-order chi connectivity index (χ1) is 12.3. The van der Waals surface area contributed by atoms with Crippen molar-refractivity contribution >= 4 is 53.2 Å². The Balaban J connectivity index is 1.86. The van der Waals surface area contributed by atoms with E-state index in [0.717, 1.165) is 20.3 Å². The minimum Gasteiger partial charge on any atom is -0.318 e. The molecule has 0 N–H and O–H groups in total. The molecule has 0 spiro atoms. The number of nitrogens with zero attached hydrogens (tertiary/aromatic N) is 2. The number of aryl methyl sites for hydroxylation is 1. The Bertz CT molecular complexity index is 1140. The first kappa shape index (κ1) is 19.0. The summed E-state index contributed by atoms with van der Waals surface area (Å²) in [6.45, 7) is 1.61. The topological polar surface area (TPSA) is 68.5 Å². The molecule has 3 rings (SSSR count). The lowest BCUT2D eigenvalue weighted by Gasteiger charge is -2.02. The predicted molar refractivity (Wildman–Crippen MR) is 107 cm³/mol. The van der Waals surface area contributed by atoms with Gasteiger partial charge in [-0.3, -0.25) is 4.79 Å². The smallest absolute Gasteiger partial charge is 0.252 e. The highest BCUT2D eigenvalue weighted by molar-refractivity contribution is 9.10. The van der Waals surface area contributed by atoms with Crippen LogP contribution in [0.5, 0.6) is 0 Å². The Morgan fingerprint density at radius 3 is 2.50 bits per heavy atom. The summed E-state index contributed by atoms with van der Waals surface area (Å²) >= 11 is 4.97. The minimum absolute atomic E-state index is 0.0542. The van der Waals surface area contributed by atoms with Crippen LogP contribution in [-0.2, 0) is 28.1 Å². The predicted octanol–water partition coefficient (Wildman–Crippen LogP) is 3.47. The summed E-state index contributed by atoms with van der Waals surface area (Å²) < 4.78 is 27.6. The van der Waals surface area contributed by atoms with Crippen LogP contribution in [0.15, 0.2) is 56.8 Å². The van der Waals surface area contributed by atoms with Crippen LogP contribution >= 0.6 is 27.3 Å². The summed E-state index contributed by atoms with van der Waals surface area (Å²) in [6, 6.07) is 12.3. The first-order valence-electron chi connectivity index (χ1n) is 7.95. The van der Waals surface area contributed by atoms with Crippen LogP contribution in [0, 0.1) is 0 Å². The lowest BCUT2D eigenvalue weighted by Crippen LogP contribution is -2.14. The largest absolute Gasteiger partial charge is 0.318 e. The number of rotatable bonds is 4. The average molecular weight is 453 g/mol. The van der Waals surface area contributed by atoms with E-state index >= 15 is 0 Å². The number of carbonyl (C=O) groups is 1. The van der Waals surface area contributed by atoms with Crippen molar-refractivity contribution in [1.29, 1.82) is 0 Å². The highest BCUT2D eigenvalue weighted by Crippen LogP contribution is 2.24. The number of hydrogen-bond donors (Lipinski definition) is 0. The van der Waals surface area contributed by atoms with Crippen LogP contribution in [0.1, 0.15) is 12.5 Å². The summed E-state index contributed by atoms with van der Waals surface area (Å²) in [5, 5.41) is 0. The second kappa shape index (κ2) is 7.46. The van der Waals surface area contributed by atoms with Gasteiger partial charge in [-0.1, -0.05) is 36.5 Å². The van der Waals surface area contributed by atoms with E-state index in [-0.39, 0.29) is 23.0 Å². The van der Waals surface area contributed by atoms with Crippen molar-refractivity contribution in [2.24, 2.45) is 12.0 Å². The van der Waals surface area contributed by atoms with Gasteiger partial charge in [-0.25, -0.2) is 8.42 Å². The number of fused-ring (bicyclic) bond motifs is 1. The molecule has 0 saturated carbocycles. The molecular weight excluding hydrogens is 436 g/mol. The molecule has 0 aliphatic carbocycles. The van der Waals surface area contributed by atoms with E-state index in [2.05, 4.69) is 20.9 Å². The number of thiazole rings is 1. The third-order valence-corrected chi connectivity index (χ3v) is 7.50. The van der Waals surface area contributed by atoms with E-state index in [4.69, 9.17) is 0 Å². The zero-order chi connectivity index (χ0) is 18.9. The van der Waals surface area contributed by atoms with E-state index in [1.807, 2.05) is 29.8 Å². The molecule has 136 valence electrons. The molecule has 2 aromatic carbocycles. The Hall–Kier alpha value is -1.77. The highest BCUT2D eigenvalue weighted by atomic mass is 79.9. The SMILES string of the molecule is CCS(=O)(=O)c1ccc(CC(=O)N=c2sc3cccc(Br)c3n2C)cc1. The van der Waals surface area contributed by atoms with Gasteiger partial charge in [-0.15, -0.1) is 0 Å². The fraction of sp³-hybridized carbons (Fsp3) is 0.222. The molecule has 5 nitrogen and oxygen atoms in total. The number of hydrogen-bond acceptors (Lipinski definition) is 4. The Morgan fingerprint density at radius 1 is 1.19 bits per heavy atom. The normalized spacial score (nSPS) is 12.7. The van der Waals surface area contributed by atoms with Crippen molar-refractivity contribution in [3.8, 4) is 0 Å². The van der Waals surface area contributed by atoms with Gasteiger partial charge in [0, 0.05) is 11.5 Å². The maximum Gasteiger partial charge on any atom is 0.252 e. The molecular formula is C18H17BrN2O3S2. The molecule has 0 aliphatic rings. The quantitative estimate of drug-likeness (QED) is 0.608. The molecule has 0 unspecified atom stereocenters. The van der Waals surface area contributed by atoms with Crippen molar-refractivity contribution in [2.75, 3.05) is 5.75 Å².